The van der Waals surface area contributed by atoms with Gasteiger partial charge in [-0.3, -0.25) is 9.59 Å². The first-order chi connectivity index (χ1) is 14.6. The zero-order valence-corrected chi connectivity index (χ0v) is 16.9. The van der Waals surface area contributed by atoms with Crippen LogP contribution in [0.4, 0.5) is 5.69 Å². The molecule has 1 heterocycles. The van der Waals surface area contributed by atoms with Gasteiger partial charge >= 0.3 is 0 Å². The molecule has 0 saturated heterocycles. The molecule has 0 atom stereocenters. The van der Waals surface area contributed by atoms with E-state index in [1.807, 2.05) is 0 Å². The summed E-state index contributed by atoms with van der Waals surface area (Å²) in [5, 5.41) is 5.53. The van der Waals surface area contributed by atoms with Gasteiger partial charge in [0.2, 0.25) is 0 Å². The lowest BCUT2D eigenvalue weighted by atomic mass is 10.1. The highest BCUT2D eigenvalue weighted by atomic mass is 16.5. The Labute approximate surface area is 173 Å². The predicted molar refractivity (Wildman–Crippen MR) is 110 cm³/mol. The van der Waals surface area contributed by atoms with E-state index in [4.69, 9.17) is 18.6 Å². The number of carbonyl (C=O) groups excluding carboxylic acids is 2. The van der Waals surface area contributed by atoms with Crippen molar-refractivity contribution in [3.63, 3.8) is 0 Å². The zero-order valence-electron chi connectivity index (χ0n) is 16.9. The van der Waals surface area contributed by atoms with E-state index < -0.39 is 5.91 Å². The number of carbonyl (C=O) groups is 2. The molecule has 0 aliphatic carbocycles. The smallest absolute Gasteiger partial charge is 0.259 e. The Bertz CT molecular complexity index is 1030. The number of para-hydroxylation sites is 1. The standard InChI is InChI=1S/C22H22N2O6/c1-27-18-12-20(29-3)19(28-2)11-16(18)22(26)24-17-9-5-4-8-15(17)21(25)23-13-14-7-6-10-30-14/h4-12H,13H2,1-3H3,(H,23,25)(H,24,26). The lowest BCUT2D eigenvalue weighted by molar-refractivity contribution is 0.0949. The second-order valence-corrected chi connectivity index (χ2v) is 6.17. The molecule has 2 N–H and O–H groups in total. The van der Waals surface area contributed by atoms with E-state index in [-0.39, 0.29) is 18.0 Å². The van der Waals surface area contributed by atoms with Crippen LogP contribution >= 0.6 is 0 Å². The Kier molecular flexibility index (Phi) is 6.59. The van der Waals surface area contributed by atoms with Crippen LogP contribution in [0.2, 0.25) is 0 Å². The third kappa shape index (κ3) is 4.54. The van der Waals surface area contributed by atoms with Gasteiger partial charge in [-0.05, 0) is 24.3 Å². The van der Waals surface area contributed by atoms with Crippen LogP contribution in [0, 0.1) is 0 Å². The topological polar surface area (TPSA) is 99.0 Å². The molecule has 30 heavy (non-hydrogen) atoms. The van der Waals surface area contributed by atoms with Crippen LogP contribution in [0.15, 0.2) is 59.2 Å². The maximum Gasteiger partial charge on any atom is 0.259 e. The average molecular weight is 410 g/mol. The van der Waals surface area contributed by atoms with Crippen LogP contribution < -0.4 is 24.8 Å². The van der Waals surface area contributed by atoms with E-state index >= 15 is 0 Å². The Balaban J connectivity index is 1.83. The maximum absolute atomic E-state index is 12.9. The van der Waals surface area contributed by atoms with E-state index in [1.54, 1.807) is 42.5 Å². The van der Waals surface area contributed by atoms with Crippen LogP contribution in [0.1, 0.15) is 26.5 Å². The summed E-state index contributed by atoms with van der Waals surface area (Å²) in [6, 6.07) is 13.3. The molecule has 8 heteroatoms. The summed E-state index contributed by atoms with van der Waals surface area (Å²) < 4.78 is 21.1. The van der Waals surface area contributed by atoms with Crippen molar-refractivity contribution in [1.82, 2.24) is 5.32 Å². The van der Waals surface area contributed by atoms with Gasteiger partial charge in [-0.2, -0.15) is 0 Å². The highest BCUT2D eigenvalue weighted by Gasteiger charge is 2.20. The van der Waals surface area contributed by atoms with Crippen LogP contribution in [0.25, 0.3) is 0 Å². The molecular formula is C22H22N2O6. The summed E-state index contributed by atoms with van der Waals surface area (Å²) in [5.74, 6) is 0.946. The lowest BCUT2D eigenvalue weighted by Gasteiger charge is -2.15. The van der Waals surface area contributed by atoms with Crippen molar-refractivity contribution in [2.75, 3.05) is 26.6 Å². The quantitative estimate of drug-likeness (QED) is 0.590. The zero-order chi connectivity index (χ0) is 21.5. The summed E-state index contributed by atoms with van der Waals surface area (Å²) in [5.41, 5.74) is 0.911. The van der Waals surface area contributed by atoms with Crippen molar-refractivity contribution in [2.45, 2.75) is 6.54 Å². The molecule has 0 unspecified atom stereocenters. The van der Waals surface area contributed by atoms with Crippen LogP contribution in [-0.2, 0) is 6.54 Å². The number of hydrogen-bond acceptors (Lipinski definition) is 6. The Morgan fingerprint density at radius 2 is 1.53 bits per heavy atom. The van der Waals surface area contributed by atoms with E-state index in [2.05, 4.69) is 10.6 Å². The minimum atomic E-state index is -0.459. The Morgan fingerprint density at radius 3 is 2.20 bits per heavy atom. The fraction of sp³-hybridized carbons (Fsp3) is 0.182. The predicted octanol–water partition coefficient (Wildman–Crippen LogP) is 3.49. The lowest BCUT2D eigenvalue weighted by Crippen LogP contribution is -2.24. The molecule has 0 aliphatic rings. The molecular weight excluding hydrogens is 388 g/mol. The van der Waals surface area contributed by atoms with E-state index in [0.29, 0.717) is 34.3 Å². The average Bonchev–Trinajstić information content (AvgIpc) is 3.30. The number of benzene rings is 2. The normalized spacial score (nSPS) is 10.2. The van der Waals surface area contributed by atoms with Crippen LogP contribution in [-0.4, -0.2) is 33.1 Å². The number of anilines is 1. The Morgan fingerprint density at radius 1 is 0.833 bits per heavy atom. The van der Waals surface area contributed by atoms with Gasteiger partial charge in [-0.15, -0.1) is 0 Å². The van der Waals surface area contributed by atoms with Gasteiger partial charge in [-0.1, -0.05) is 12.1 Å². The number of furan rings is 1. The van der Waals surface area contributed by atoms with Crippen molar-refractivity contribution in [3.8, 4) is 17.2 Å². The summed E-state index contributed by atoms with van der Waals surface area (Å²) >= 11 is 0. The molecule has 0 fully saturated rings. The van der Waals surface area contributed by atoms with Gasteiger partial charge in [0.05, 0.1) is 51.0 Å². The van der Waals surface area contributed by atoms with Crippen LogP contribution in [0.3, 0.4) is 0 Å². The molecule has 2 amide bonds. The minimum Gasteiger partial charge on any atom is -0.496 e. The SMILES string of the molecule is COc1cc(OC)c(C(=O)Nc2ccccc2C(=O)NCc2ccco2)cc1OC. The second kappa shape index (κ2) is 9.51. The number of rotatable bonds is 8. The molecule has 0 saturated carbocycles. The first-order valence-corrected chi connectivity index (χ1v) is 9.08. The third-order valence-corrected chi connectivity index (χ3v) is 4.37. The molecule has 2 aromatic carbocycles. The molecule has 1 aromatic heterocycles. The van der Waals surface area contributed by atoms with Crippen molar-refractivity contribution < 1.29 is 28.2 Å². The first-order valence-electron chi connectivity index (χ1n) is 9.08. The summed E-state index contributed by atoms with van der Waals surface area (Å²) in [7, 11) is 4.42. The number of methoxy groups -OCH3 is 3. The van der Waals surface area contributed by atoms with Gasteiger partial charge in [0.1, 0.15) is 11.5 Å². The number of amides is 2. The first kappa shape index (κ1) is 20.8. The van der Waals surface area contributed by atoms with Crippen molar-refractivity contribution in [2.24, 2.45) is 0 Å². The fourth-order valence-electron chi connectivity index (χ4n) is 2.86. The van der Waals surface area contributed by atoms with Gasteiger partial charge in [0.15, 0.2) is 11.5 Å². The number of nitrogens with one attached hydrogen (secondary N) is 2. The molecule has 0 spiro atoms. The summed E-state index contributed by atoms with van der Waals surface area (Å²) in [6.45, 7) is 0.234. The van der Waals surface area contributed by atoms with Crippen LogP contribution in [0.5, 0.6) is 17.2 Å². The number of ether oxygens (including phenoxy) is 3. The van der Waals surface area contributed by atoms with Crippen molar-refractivity contribution >= 4 is 17.5 Å². The number of hydrogen-bond donors (Lipinski definition) is 2. The molecule has 3 rings (SSSR count). The Hall–Kier alpha value is -3.94. The molecule has 8 nitrogen and oxygen atoms in total. The highest BCUT2D eigenvalue weighted by molar-refractivity contribution is 6.10. The summed E-state index contributed by atoms with van der Waals surface area (Å²) in [6.07, 6.45) is 1.53. The maximum atomic E-state index is 12.9. The van der Waals surface area contributed by atoms with Gasteiger partial charge < -0.3 is 29.3 Å². The molecule has 0 aliphatic heterocycles. The largest absolute Gasteiger partial charge is 0.496 e. The molecule has 156 valence electrons. The summed E-state index contributed by atoms with van der Waals surface area (Å²) in [4.78, 5) is 25.6. The van der Waals surface area contributed by atoms with E-state index in [1.165, 1.54) is 33.7 Å². The van der Waals surface area contributed by atoms with E-state index in [0.717, 1.165) is 0 Å². The monoisotopic (exact) mass is 410 g/mol. The van der Waals surface area contributed by atoms with Crippen molar-refractivity contribution in [3.05, 3.63) is 71.7 Å². The van der Waals surface area contributed by atoms with Gasteiger partial charge in [0, 0.05) is 12.1 Å². The van der Waals surface area contributed by atoms with Gasteiger partial charge in [-0.25, -0.2) is 0 Å². The van der Waals surface area contributed by atoms with Gasteiger partial charge in [0.25, 0.3) is 11.8 Å². The second-order valence-electron chi connectivity index (χ2n) is 6.17. The minimum absolute atomic E-state index is 0.234. The van der Waals surface area contributed by atoms with Crippen molar-refractivity contribution in [1.29, 1.82) is 0 Å². The van der Waals surface area contributed by atoms with E-state index in [9.17, 15) is 9.59 Å². The molecule has 0 bridgehead atoms. The highest BCUT2D eigenvalue weighted by Crippen LogP contribution is 2.35. The fourth-order valence-corrected chi connectivity index (χ4v) is 2.86. The molecule has 3 aromatic rings. The third-order valence-electron chi connectivity index (χ3n) is 4.37. The molecule has 0 radical (unpaired) electrons.